The minimum atomic E-state index is -0.430. The fraction of sp³-hybridized carbons (Fsp3) is 0.111. The van der Waals surface area contributed by atoms with E-state index in [2.05, 4.69) is 10.9 Å². The quantitative estimate of drug-likeness (QED) is 0.673. The van der Waals surface area contributed by atoms with Crippen LogP contribution in [-0.2, 0) is 16.0 Å². The Labute approximate surface area is 134 Å². The van der Waals surface area contributed by atoms with E-state index in [9.17, 15) is 14.0 Å². The van der Waals surface area contributed by atoms with E-state index in [1.165, 1.54) is 30.3 Å². The van der Waals surface area contributed by atoms with Crippen LogP contribution < -0.4 is 10.9 Å². The Bertz CT molecular complexity index is 724. The van der Waals surface area contributed by atoms with Gasteiger partial charge in [0.15, 0.2) is 0 Å². The number of amides is 2. The van der Waals surface area contributed by atoms with Crippen molar-refractivity contribution in [3.8, 4) is 0 Å². The van der Waals surface area contributed by atoms with Crippen molar-refractivity contribution in [2.75, 3.05) is 0 Å². The predicted molar refractivity (Wildman–Crippen MR) is 86.6 cm³/mol. The van der Waals surface area contributed by atoms with Gasteiger partial charge in [0.1, 0.15) is 5.82 Å². The third-order valence-electron chi connectivity index (χ3n) is 3.21. The van der Waals surface area contributed by atoms with Crippen molar-refractivity contribution in [1.29, 1.82) is 0 Å². The Morgan fingerprint density at radius 3 is 2.43 bits per heavy atom. The summed E-state index contributed by atoms with van der Waals surface area (Å²) in [5.41, 5.74) is 7.26. The third-order valence-corrected chi connectivity index (χ3v) is 3.21. The predicted octanol–water partition coefficient (Wildman–Crippen LogP) is 2.54. The zero-order chi connectivity index (χ0) is 16.7. The highest BCUT2D eigenvalue weighted by atomic mass is 19.1. The van der Waals surface area contributed by atoms with Gasteiger partial charge in [-0.2, -0.15) is 0 Å². The summed E-state index contributed by atoms with van der Waals surface area (Å²) in [6.45, 7) is 1.95. The lowest BCUT2D eigenvalue weighted by atomic mass is 10.1. The van der Waals surface area contributed by atoms with Crippen LogP contribution in [0.25, 0.3) is 6.08 Å². The lowest BCUT2D eigenvalue weighted by molar-refractivity contribution is -0.126. The number of halogens is 1. The number of nitrogens with one attached hydrogen (secondary N) is 2. The highest BCUT2D eigenvalue weighted by Gasteiger charge is 2.04. The molecule has 2 aromatic carbocycles. The fourth-order valence-corrected chi connectivity index (χ4v) is 1.94. The Kier molecular flexibility index (Phi) is 5.63. The molecule has 0 bridgehead atoms. The van der Waals surface area contributed by atoms with Crippen molar-refractivity contribution >= 4 is 17.9 Å². The van der Waals surface area contributed by atoms with Gasteiger partial charge in [0.2, 0.25) is 5.91 Å². The van der Waals surface area contributed by atoms with Crippen LogP contribution >= 0.6 is 0 Å². The number of rotatable bonds is 4. The molecule has 0 heterocycles. The molecule has 4 nitrogen and oxygen atoms in total. The molecular weight excluding hydrogens is 295 g/mol. The fourth-order valence-electron chi connectivity index (χ4n) is 1.94. The van der Waals surface area contributed by atoms with Gasteiger partial charge in [-0.15, -0.1) is 0 Å². The van der Waals surface area contributed by atoms with Gasteiger partial charge in [-0.3, -0.25) is 20.4 Å². The molecule has 0 aliphatic rings. The summed E-state index contributed by atoms with van der Waals surface area (Å²) in [5.74, 6) is -1.17. The van der Waals surface area contributed by atoms with Gasteiger partial charge in [-0.1, -0.05) is 36.4 Å². The van der Waals surface area contributed by atoms with Crippen LogP contribution in [0.2, 0.25) is 0 Å². The van der Waals surface area contributed by atoms with Crippen LogP contribution in [0.3, 0.4) is 0 Å². The molecule has 0 atom stereocenters. The number of hydrogen-bond donors (Lipinski definition) is 2. The van der Waals surface area contributed by atoms with E-state index in [0.29, 0.717) is 5.56 Å². The van der Waals surface area contributed by atoms with E-state index in [1.54, 1.807) is 6.08 Å². The Morgan fingerprint density at radius 1 is 1.04 bits per heavy atom. The van der Waals surface area contributed by atoms with Crippen molar-refractivity contribution in [3.05, 3.63) is 77.1 Å². The molecule has 0 unspecified atom stereocenters. The number of carbonyl (C=O) groups is 2. The average molecular weight is 312 g/mol. The molecule has 0 spiro atoms. The first kappa shape index (κ1) is 16.4. The van der Waals surface area contributed by atoms with Crippen molar-refractivity contribution in [1.82, 2.24) is 10.9 Å². The second-order valence-corrected chi connectivity index (χ2v) is 5.03. The molecule has 23 heavy (non-hydrogen) atoms. The normalized spacial score (nSPS) is 10.5. The molecule has 5 heteroatoms. The number of aryl methyl sites for hydroxylation is 1. The molecule has 0 aromatic heterocycles. The first-order valence-electron chi connectivity index (χ1n) is 7.11. The van der Waals surface area contributed by atoms with Gasteiger partial charge in [-0.05, 0) is 41.8 Å². The lowest BCUT2D eigenvalue weighted by Gasteiger charge is -2.05. The van der Waals surface area contributed by atoms with Crippen LogP contribution in [-0.4, -0.2) is 11.8 Å². The summed E-state index contributed by atoms with van der Waals surface area (Å²) in [5, 5.41) is 0. The van der Waals surface area contributed by atoms with E-state index in [-0.39, 0.29) is 18.1 Å². The summed E-state index contributed by atoms with van der Waals surface area (Å²) in [7, 11) is 0. The van der Waals surface area contributed by atoms with E-state index >= 15 is 0 Å². The molecule has 0 radical (unpaired) electrons. The van der Waals surface area contributed by atoms with Gasteiger partial charge < -0.3 is 0 Å². The summed E-state index contributed by atoms with van der Waals surface area (Å²) in [6, 6.07) is 13.3. The Morgan fingerprint density at radius 2 is 1.74 bits per heavy atom. The summed E-state index contributed by atoms with van der Waals surface area (Å²) >= 11 is 0. The van der Waals surface area contributed by atoms with Gasteiger partial charge in [0.25, 0.3) is 5.91 Å². The summed E-state index contributed by atoms with van der Waals surface area (Å²) in [6.07, 6.45) is 3.08. The first-order chi connectivity index (χ1) is 11.0. The number of hydrogen-bond acceptors (Lipinski definition) is 2. The summed E-state index contributed by atoms with van der Waals surface area (Å²) in [4.78, 5) is 23.4. The average Bonchev–Trinajstić information content (AvgIpc) is 2.54. The van der Waals surface area contributed by atoms with E-state index in [0.717, 1.165) is 11.1 Å². The monoisotopic (exact) mass is 312 g/mol. The third kappa shape index (κ3) is 5.39. The molecule has 0 saturated carbocycles. The molecule has 0 fully saturated rings. The van der Waals surface area contributed by atoms with Crippen LogP contribution in [0.5, 0.6) is 0 Å². The zero-order valence-electron chi connectivity index (χ0n) is 12.7. The van der Waals surface area contributed by atoms with Crippen molar-refractivity contribution in [3.63, 3.8) is 0 Å². The van der Waals surface area contributed by atoms with E-state index in [4.69, 9.17) is 0 Å². The number of hydrazine groups is 1. The van der Waals surface area contributed by atoms with Gasteiger partial charge >= 0.3 is 0 Å². The largest absolute Gasteiger partial charge is 0.273 e. The maximum atomic E-state index is 12.8. The van der Waals surface area contributed by atoms with Crippen molar-refractivity contribution < 1.29 is 14.0 Å². The zero-order valence-corrected chi connectivity index (χ0v) is 12.7. The molecule has 2 N–H and O–H groups in total. The molecule has 2 aromatic rings. The first-order valence-corrected chi connectivity index (χ1v) is 7.11. The van der Waals surface area contributed by atoms with Crippen LogP contribution in [0, 0.1) is 12.7 Å². The Hall–Kier alpha value is -2.95. The van der Waals surface area contributed by atoms with E-state index in [1.807, 2.05) is 31.2 Å². The molecule has 0 saturated heterocycles. The maximum Gasteiger partial charge on any atom is 0.262 e. The van der Waals surface area contributed by atoms with Gasteiger partial charge in [-0.25, -0.2) is 4.39 Å². The lowest BCUT2D eigenvalue weighted by Crippen LogP contribution is -2.41. The molecule has 0 aliphatic carbocycles. The highest BCUT2D eigenvalue weighted by Crippen LogP contribution is 2.08. The van der Waals surface area contributed by atoms with E-state index < -0.39 is 5.91 Å². The van der Waals surface area contributed by atoms with Crippen molar-refractivity contribution in [2.45, 2.75) is 13.3 Å². The minimum Gasteiger partial charge on any atom is -0.273 e. The second kappa shape index (κ2) is 7.89. The second-order valence-electron chi connectivity index (χ2n) is 5.03. The SMILES string of the molecule is Cc1ccccc1/C=C/C(=O)NNC(=O)Cc1ccc(F)cc1. The highest BCUT2D eigenvalue weighted by molar-refractivity contribution is 5.93. The van der Waals surface area contributed by atoms with Gasteiger partial charge in [0, 0.05) is 6.08 Å². The van der Waals surface area contributed by atoms with Crippen molar-refractivity contribution in [2.24, 2.45) is 0 Å². The topological polar surface area (TPSA) is 58.2 Å². The number of benzene rings is 2. The molecule has 118 valence electrons. The maximum absolute atomic E-state index is 12.8. The Balaban J connectivity index is 1.81. The molecule has 0 aliphatic heterocycles. The van der Waals surface area contributed by atoms with Crippen LogP contribution in [0.4, 0.5) is 4.39 Å². The van der Waals surface area contributed by atoms with Crippen LogP contribution in [0.15, 0.2) is 54.6 Å². The molecule has 2 amide bonds. The molecule has 2 rings (SSSR count). The van der Waals surface area contributed by atoms with Crippen LogP contribution in [0.1, 0.15) is 16.7 Å². The number of carbonyl (C=O) groups excluding carboxylic acids is 2. The van der Waals surface area contributed by atoms with Gasteiger partial charge in [0.05, 0.1) is 6.42 Å². The molecular formula is C18H17FN2O2. The standard InChI is InChI=1S/C18H17FN2O2/c1-13-4-2-3-5-15(13)8-11-17(22)20-21-18(23)12-14-6-9-16(19)10-7-14/h2-11H,12H2,1H3,(H,20,22)(H,21,23)/b11-8+. The summed E-state index contributed by atoms with van der Waals surface area (Å²) < 4.78 is 12.8. The smallest absolute Gasteiger partial charge is 0.262 e. The minimum absolute atomic E-state index is 0.0576.